The fourth-order valence-corrected chi connectivity index (χ4v) is 4.07. The van der Waals surface area contributed by atoms with Gasteiger partial charge in [0.15, 0.2) is 10.8 Å². The minimum Gasteiger partial charge on any atom is -0.368 e. The fourth-order valence-electron chi connectivity index (χ4n) is 3.50. The average Bonchev–Trinajstić information content (AvgIpc) is 2.92. The molecule has 4 N–H and O–H groups in total. The molecule has 1 atom stereocenters. The Morgan fingerprint density at radius 3 is 2.46 bits per heavy atom. The number of fused-ring (bicyclic) bond motifs is 1. The van der Waals surface area contributed by atoms with E-state index >= 15 is 0 Å². The van der Waals surface area contributed by atoms with Crippen LogP contribution in [-0.2, 0) is 15.8 Å². The topological polar surface area (TPSA) is 136 Å². The van der Waals surface area contributed by atoms with E-state index in [0.29, 0.717) is 16.7 Å². The number of halogens is 1. The first-order valence-electron chi connectivity index (χ1n) is 8.88. The molecule has 0 aliphatic heterocycles. The van der Waals surface area contributed by atoms with E-state index in [1.807, 2.05) is 27.7 Å². The zero-order valence-electron chi connectivity index (χ0n) is 16.4. The van der Waals surface area contributed by atoms with Gasteiger partial charge in [-0.3, -0.25) is 4.57 Å². The molecule has 0 saturated carbocycles. The van der Waals surface area contributed by atoms with Crippen molar-refractivity contribution >= 4 is 36.3 Å². The molecule has 0 bridgehead atoms. The molecule has 0 aliphatic rings. The Morgan fingerprint density at radius 2 is 1.93 bits per heavy atom. The number of anilines is 1. The second kappa shape index (κ2) is 8.88. The lowest BCUT2D eigenvalue weighted by Gasteiger charge is -2.34. The second-order valence-electron chi connectivity index (χ2n) is 7.52. The molecule has 2 aromatic rings. The number of hydrogen-bond acceptors (Lipinski definition) is 6. The Labute approximate surface area is 169 Å². The van der Waals surface area contributed by atoms with E-state index in [0.717, 1.165) is 0 Å². The fraction of sp³-hybridized carbons (Fsp3) is 0.588. The van der Waals surface area contributed by atoms with E-state index in [2.05, 4.69) is 21.5 Å². The molecule has 156 valence electrons. The lowest BCUT2D eigenvalue weighted by atomic mass is 9.78. The van der Waals surface area contributed by atoms with Gasteiger partial charge < -0.3 is 24.8 Å². The first kappa shape index (κ1) is 22.8. The van der Waals surface area contributed by atoms with Crippen LogP contribution in [0.25, 0.3) is 11.2 Å². The first-order valence-corrected chi connectivity index (χ1v) is 11.1. The predicted octanol–water partition coefficient (Wildman–Crippen LogP) is 3.07. The normalized spacial score (nSPS) is 13.8. The quantitative estimate of drug-likeness (QED) is 0.313. The number of nitrogens with zero attached hydrogens (tertiary/aromatic N) is 4. The van der Waals surface area contributed by atoms with Crippen molar-refractivity contribution in [2.75, 3.05) is 12.1 Å². The van der Waals surface area contributed by atoms with Crippen molar-refractivity contribution < 1.29 is 19.1 Å². The van der Waals surface area contributed by atoms with Gasteiger partial charge in [0, 0.05) is 6.54 Å². The van der Waals surface area contributed by atoms with Crippen molar-refractivity contribution in [2.45, 2.75) is 40.3 Å². The second-order valence-corrected chi connectivity index (χ2v) is 9.47. The molecule has 0 aromatic carbocycles. The molecule has 9 nitrogen and oxygen atoms in total. The minimum absolute atomic E-state index is 0.0112. The highest BCUT2D eigenvalue weighted by Gasteiger charge is 2.32. The molecule has 11 heteroatoms. The van der Waals surface area contributed by atoms with Crippen LogP contribution in [0.5, 0.6) is 0 Å². The van der Waals surface area contributed by atoms with Crippen molar-refractivity contribution in [3.8, 4) is 0 Å². The number of ether oxygens (including phenoxy) is 1. The molecule has 2 aromatic heterocycles. The summed E-state index contributed by atoms with van der Waals surface area (Å²) >= 11 is 6.07. The van der Waals surface area contributed by atoms with Crippen LogP contribution in [0.4, 0.5) is 5.95 Å². The van der Waals surface area contributed by atoms with Gasteiger partial charge in [-0.25, -0.2) is 4.98 Å². The highest BCUT2D eigenvalue weighted by molar-refractivity contribution is 7.51. The van der Waals surface area contributed by atoms with Crippen LogP contribution < -0.4 is 5.73 Å². The van der Waals surface area contributed by atoms with Crippen LogP contribution in [0.3, 0.4) is 0 Å². The smallest absolute Gasteiger partial charge is 0.351 e. The Hall–Kier alpha value is -1.51. The standard InChI is InChI=1S/C17H27ClN5O4P/c1-9(2)12(10(3)4)14(27-8-28(24,25)26)11(5)6-23-7-20-13-15(18)21-17(19)22-16(13)23/h7,9-10,12,14H,5-6,8H2,1-4H3,(H2,19,21,22)(H2,24,25,26)/t14-/m0/s1. The van der Waals surface area contributed by atoms with Crippen LogP contribution in [0.1, 0.15) is 27.7 Å². The average molecular weight is 432 g/mol. The maximum Gasteiger partial charge on any atom is 0.351 e. The van der Waals surface area contributed by atoms with Crippen molar-refractivity contribution in [1.82, 2.24) is 19.5 Å². The third-order valence-electron chi connectivity index (χ3n) is 4.53. The number of hydrogen-bond donors (Lipinski definition) is 3. The van der Waals surface area contributed by atoms with Crippen molar-refractivity contribution in [3.05, 3.63) is 23.6 Å². The summed E-state index contributed by atoms with van der Waals surface area (Å²) in [5.41, 5.74) is 7.21. The molecule has 28 heavy (non-hydrogen) atoms. The highest BCUT2D eigenvalue weighted by Crippen LogP contribution is 2.38. The van der Waals surface area contributed by atoms with Crippen LogP contribution in [0.2, 0.25) is 5.15 Å². The van der Waals surface area contributed by atoms with E-state index in [1.165, 1.54) is 0 Å². The summed E-state index contributed by atoms with van der Waals surface area (Å²) in [4.78, 5) is 30.8. The van der Waals surface area contributed by atoms with Gasteiger partial charge in [-0.1, -0.05) is 45.9 Å². The molecule has 0 amide bonds. The third-order valence-corrected chi connectivity index (χ3v) is 5.27. The highest BCUT2D eigenvalue weighted by atomic mass is 35.5. The largest absolute Gasteiger partial charge is 0.368 e. The maximum absolute atomic E-state index is 11.4. The van der Waals surface area contributed by atoms with Crippen LogP contribution in [0, 0.1) is 17.8 Å². The van der Waals surface area contributed by atoms with E-state index < -0.39 is 20.0 Å². The summed E-state index contributed by atoms with van der Waals surface area (Å²) in [6, 6.07) is 0. The first-order chi connectivity index (χ1) is 12.9. The monoisotopic (exact) mass is 431 g/mol. The van der Waals surface area contributed by atoms with Crippen molar-refractivity contribution in [3.63, 3.8) is 0 Å². The SMILES string of the molecule is C=C(Cn1cnc2c(Cl)nc(N)nc21)[C@H](OCP(=O)(O)O)C(C(C)C)C(C)C. The molecule has 0 unspecified atom stereocenters. The summed E-state index contributed by atoms with van der Waals surface area (Å²) in [6.45, 7) is 12.6. The van der Waals surface area contributed by atoms with Crippen LogP contribution in [0.15, 0.2) is 18.5 Å². The predicted molar refractivity (Wildman–Crippen MR) is 109 cm³/mol. The summed E-state index contributed by atoms with van der Waals surface area (Å²) < 4.78 is 18.8. The molecule has 0 radical (unpaired) electrons. The van der Waals surface area contributed by atoms with Crippen LogP contribution in [-0.4, -0.2) is 41.8 Å². The van der Waals surface area contributed by atoms with Crippen LogP contribution >= 0.6 is 19.2 Å². The summed E-state index contributed by atoms with van der Waals surface area (Å²) in [7, 11) is -4.32. The van der Waals surface area contributed by atoms with Gasteiger partial charge in [-0.2, -0.15) is 9.97 Å². The number of imidazole rings is 1. The zero-order valence-corrected chi connectivity index (χ0v) is 18.1. The van der Waals surface area contributed by atoms with Gasteiger partial charge in [-0.05, 0) is 23.3 Å². The number of aromatic nitrogens is 4. The van der Waals surface area contributed by atoms with Gasteiger partial charge >= 0.3 is 7.60 Å². The van der Waals surface area contributed by atoms with Crippen molar-refractivity contribution in [2.24, 2.45) is 17.8 Å². The molecular formula is C17H27ClN5O4P. The Morgan fingerprint density at radius 1 is 1.32 bits per heavy atom. The number of nitrogen functional groups attached to an aromatic ring is 1. The molecule has 0 saturated heterocycles. The zero-order chi connectivity index (χ0) is 21.2. The molecule has 2 rings (SSSR count). The lowest BCUT2D eigenvalue weighted by Crippen LogP contribution is -2.35. The van der Waals surface area contributed by atoms with Gasteiger partial charge in [-0.15, -0.1) is 0 Å². The maximum atomic E-state index is 11.4. The Kier molecular flexibility index (Phi) is 7.22. The van der Waals surface area contributed by atoms with E-state index in [-0.39, 0.29) is 35.4 Å². The Balaban J connectivity index is 2.35. The van der Waals surface area contributed by atoms with E-state index in [9.17, 15) is 14.4 Å². The number of nitrogens with two attached hydrogens (primary N) is 1. The molecule has 0 spiro atoms. The molecular weight excluding hydrogens is 405 g/mol. The summed E-state index contributed by atoms with van der Waals surface area (Å²) in [5, 5.41) is 0.156. The molecule has 0 fully saturated rings. The van der Waals surface area contributed by atoms with E-state index in [1.54, 1.807) is 10.9 Å². The molecule has 2 heterocycles. The summed E-state index contributed by atoms with van der Waals surface area (Å²) in [6.07, 6.45) is 0.327. The van der Waals surface area contributed by atoms with Gasteiger partial charge in [0.1, 0.15) is 11.9 Å². The van der Waals surface area contributed by atoms with Gasteiger partial charge in [0.2, 0.25) is 5.95 Å². The Bertz CT molecular complexity index is 887. The van der Waals surface area contributed by atoms with Gasteiger partial charge in [0.25, 0.3) is 0 Å². The molecule has 0 aliphatic carbocycles. The minimum atomic E-state index is -4.32. The van der Waals surface area contributed by atoms with Crippen molar-refractivity contribution in [1.29, 1.82) is 0 Å². The summed E-state index contributed by atoms with van der Waals surface area (Å²) in [5.74, 6) is 0.467. The number of rotatable bonds is 9. The third kappa shape index (κ3) is 5.52. The van der Waals surface area contributed by atoms with Gasteiger partial charge in [0.05, 0.1) is 12.4 Å². The lowest BCUT2D eigenvalue weighted by molar-refractivity contribution is 0.0179. The van der Waals surface area contributed by atoms with E-state index in [4.69, 9.17) is 22.1 Å².